The van der Waals surface area contributed by atoms with Gasteiger partial charge in [-0.05, 0) is 13.0 Å². The molecule has 1 aliphatic heterocycles. The number of rotatable bonds is 4. The van der Waals surface area contributed by atoms with E-state index >= 15 is 0 Å². The lowest BCUT2D eigenvalue weighted by atomic mass is 10.2. The number of halogens is 1. The van der Waals surface area contributed by atoms with E-state index in [1.165, 1.54) is 15.8 Å². The van der Waals surface area contributed by atoms with Gasteiger partial charge < -0.3 is 10.6 Å². The van der Waals surface area contributed by atoms with Crippen LogP contribution in [-0.2, 0) is 6.54 Å². The van der Waals surface area contributed by atoms with Gasteiger partial charge >= 0.3 is 0 Å². The Bertz CT molecular complexity index is 740. The van der Waals surface area contributed by atoms with E-state index < -0.39 is 18.1 Å². The van der Waals surface area contributed by atoms with Crippen LogP contribution in [0, 0.1) is 6.92 Å². The van der Waals surface area contributed by atoms with Gasteiger partial charge in [0.1, 0.15) is 11.9 Å². The molecule has 3 rings (SSSR count). The van der Waals surface area contributed by atoms with Crippen LogP contribution in [0.2, 0.25) is 0 Å². The number of likely N-dealkylation sites (tertiary alicyclic amines) is 1. The second-order valence-electron chi connectivity index (χ2n) is 5.57. The molecule has 10 heteroatoms. The largest absolute Gasteiger partial charge is 0.364 e. The molecule has 3 heterocycles. The highest BCUT2D eigenvalue weighted by Gasteiger charge is 2.37. The molecule has 2 amide bonds. The fourth-order valence-corrected chi connectivity index (χ4v) is 2.67. The van der Waals surface area contributed by atoms with Crippen LogP contribution in [0.4, 0.5) is 4.39 Å². The van der Waals surface area contributed by atoms with Crippen LogP contribution >= 0.6 is 0 Å². The first-order chi connectivity index (χ1) is 10.9. The summed E-state index contributed by atoms with van der Waals surface area (Å²) in [5.41, 5.74) is 6.15. The Hall–Kier alpha value is -2.78. The first-order valence-corrected chi connectivity index (χ1v) is 7.11. The molecular weight excluding hydrogens is 305 g/mol. The van der Waals surface area contributed by atoms with E-state index in [-0.39, 0.29) is 36.8 Å². The van der Waals surface area contributed by atoms with Crippen molar-refractivity contribution >= 4 is 11.8 Å². The fraction of sp³-hybridized carbons (Fsp3) is 0.462. The van der Waals surface area contributed by atoms with E-state index in [0.29, 0.717) is 0 Å². The molecule has 0 saturated carbocycles. The molecular formula is C13H16FN7O2. The third-order valence-corrected chi connectivity index (χ3v) is 3.74. The average Bonchev–Trinajstić information content (AvgIpc) is 3.19. The van der Waals surface area contributed by atoms with Gasteiger partial charge in [0.25, 0.3) is 11.8 Å². The monoisotopic (exact) mass is 321 g/mol. The predicted molar refractivity (Wildman–Crippen MR) is 76.2 cm³/mol. The molecule has 1 fully saturated rings. The Kier molecular flexibility index (Phi) is 3.80. The third kappa shape index (κ3) is 3.05. The van der Waals surface area contributed by atoms with Gasteiger partial charge in [-0.2, -0.15) is 5.10 Å². The number of alkyl halides is 1. The zero-order valence-electron chi connectivity index (χ0n) is 12.4. The number of aryl methyl sites for hydroxylation is 1. The molecule has 2 atom stereocenters. The highest BCUT2D eigenvalue weighted by atomic mass is 19.1. The molecule has 0 radical (unpaired) electrons. The smallest absolute Gasteiger partial charge is 0.274 e. The van der Waals surface area contributed by atoms with Crippen LogP contribution in [-0.4, -0.2) is 60.7 Å². The number of amides is 2. The summed E-state index contributed by atoms with van der Waals surface area (Å²) in [6.45, 7) is 2.02. The van der Waals surface area contributed by atoms with Crippen molar-refractivity contribution in [1.29, 1.82) is 0 Å². The van der Waals surface area contributed by atoms with Gasteiger partial charge in [-0.3, -0.25) is 14.7 Å². The molecule has 23 heavy (non-hydrogen) atoms. The minimum absolute atomic E-state index is 0.00673. The SMILES string of the molecule is Cc1cc(C(=O)N2C[C@@H](F)C[C@H]2Cn2cc(C(N)=O)nn2)n[nH]1. The summed E-state index contributed by atoms with van der Waals surface area (Å²) >= 11 is 0. The number of nitrogens with zero attached hydrogens (tertiary/aromatic N) is 5. The van der Waals surface area contributed by atoms with Crippen LogP contribution in [0.15, 0.2) is 12.3 Å². The summed E-state index contributed by atoms with van der Waals surface area (Å²) in [7, 11) is 0. The van der Waals surface area contributed by atoms with Crippen LogP contribution in [0.3, 0.4) is 0 Å². The minimum atomic E-state index is -1.11. The maximum Gasteiger partial charge on any atom is 0.274 e. The van der Waals surface area contributed by atoms with E-state index in [4.69, 9.17) is 5.73 Å². The van der Waals surface area contributed by atoms with Crippen molar-refractivity contribution in [2.75, 3.05) is 6.54 Å². The van der Waals surface area contributed by atoms with Gasteiger partial charge in [0, 0.05) is 12.1 Å². The van der Waals surface area contributed by atoms with Crippen molar-refractivity contribution in [2.24, 2.45) is 5.73 Å². The topological polar surface area (TPSA) is 123 Å². The summed E-state index contributed by atoms with van der Waals surface area (Å²) in [4.78, 5) is 24.9. The summed E-state index contributed by atoms with van der Waals surface area (Å²) < 4.78 is 15.2. The van der Waals surface area contributed by atoms with Crippen molar-refractivity contribution in [3.05, 3.63) is 29.3 Å². The van der Waals surface area contributed by atoms with Crippen LogP contribution < -0.4 is 5.73 Å². The van der Waals surface area contributed by atoms with Crippen LogP contribution in [0.25, 0.3) is 0 Å². The maximum atomic E-state index is 13.8. The number of carbonyl (C=O) groups is 2. The molecule has 0 aliphatic carbocycles. The first-order valence-electron chi connectivity index (χ1n) is 7.11. The number of primary amides is 1. The zero-order chi connectivity index (χ0) is 16.6. The van der Waals surface area contributed by atoms with Crippen molar-refractivity contribution in [1.82, 2.24) is 30.1 Å². The quantitative estimate of drug-likeness (QED) is 0.797. The number of H-pyrrole nitrogens is 1. The number of hydrogen-bond donors (Lipinski definition) is 2. The molecule has 1 aliphatic rings. The Labute approximate surface area is 130 Å². The highest BCUT2D eigenvalue weighted by Crippen LogP contribution is 2.23. The maximum absolute atomic E-state index is 13.8. The molecule has 122 valence electrons. The molecule has 9 nitrogen and oxygen atoms in total. The lowest BCUT2D eigenvalue weighted by Crippen LogP contribution is -2.38. The fourth-order valence-electron chi connectivity index (χ4n) is 2.67. The number of hydrogen-bond acceptors (Lipinski definition) is 5. The van der Waals surface area contributed by atoms with Crippen LogP contribution in [0.5, 0.6) is 0 Å². The lowest BCUT2D eigenvalue weighted by molar-refractivity contribution is 0.0708. The Morgan fingerprint density at radius 2 is 2.26 bits per heavy atom. The highest BCUT2D eigenvalue weighted by molar-refractivity contribution is 5.93. The molecule has 1 saturated heterocycles. The van der Waals surface area contributed by atoms with Gasteiger partial charge in [0.05, 0.1) is 25.3 Å². The number of nitrogens with two attached hydrogens (primary N) is 1. The predicted octanol–water partition coefficient (Wildman–Crippen LogP) is -0.339. The van der Waals surface area contributed by atoms with Crippen molar-refractivity contribution < 1.29 is 14.0 Å². The molecule has 0 spiro atoms. The lowest BCUT2D eigenvalue weighted by Gasteiger charge is -2.23. The Morgan fingerprint density at radius 1 is 1.48 bits per heavy atom. The second-order valence-corrected chi connectivity index (χ2v) is 5.57. The van der Waals surface area contributed by atoms with Crippen molar-refractivity contribution in [3.63, 3.8) is 0 Å². The van der Waals surface area contributed by atoms with E-state index in [1.54, 1.807) is 13.0 Å². The molecule has 2 aromatic heterocycles. The van der Waals surface area contributed by atoms with Crippen LogP contribution in [0.1, 0.15) is 33.1 Å². The normalized spacial score (nSPS) is 20.9. The summed E-state index contributed by atoms with van der Waals surface area (Å²) in [6, 6.07) is 1.22. The number of aromatic nitrogens is 5. The Morgan fingerprint density at radius 3 is 2.87 bits per heavy atom. The first kappa shape index (κ1) is 15.1. The van der Waals surface area contributed by atoms with Gasteiger partial charge in [-0.25, -0.2) is 9.07 Å². The molecule has 0 aromatic carbocycles. The number of aromatic amines is 1. The molecule has 2 aromatic rings. The van der Waals surface area contributed by atoms with E-state index in [0.717, 1.165) is 5.69 Å². The standard InChI is InChI=1S/C13H16FN7O2/c1-7-2-10(17-16-7)13(23)21-4-8(14)3-9(21)5-20-6-11(12(15)22)18-19-20/h2,6,8-9H,3-5H2,1H3,(H2,15,22)(H,16,17)/t8-,9-/m0/s1. The summed E-state index contributed by atoms with van der Waals surface area (Å²) in [5.74, 6) is -1.03. The van der Waals surface area contributed by atoms with E-state index in [9.17, 15) is 14.0 Å². The molecule has 3 N–H and O–H groups in total. The van der Waals surface area contributed by atoms with Gasteiger partial charge in [-0.1, -0.05) is 5.21 Å². The summed E-state index contributed by atoms with van der Waals surface area (Å²) in [6.07, 6.45) is 0.471. The van der Waals surface area contributed by atoms with Crippen molar-refractivity contribution in [3.8, 4) is 0 Å². The van der Waals surface area contributed by atoms with E-state index in [1.807, 2.05) is 0 Å². The zero-order valence-corrected chi connectivity index (χ0v) is 12.4. The minimum Gasteiger partial charge on any atom is -0.364 e. The van der Waals surface area contributed by atoms with E-state index in [2.05, 4.69) is 20.5 Å². The van der Waals surface area contributed by atoms with Gasteiger partial charge in [0.15, 0.2) is 5.69 Å². The Balaban J connectivity index is 1.76. The third-order valence-electron chi connectivity index (χ3n) is 3.74. The van der Waals surface area contributed by atoms with Crippen molar-refractivity contribution in [2.45, 2.75) is 32.1 Å². The average molecular weight is 321 g/mol. The number of carbonyl (C=O) groups excluding carboxylic acids is 2. The summed E-state index contributed by atoms with van der Waals surface area (Å²) in [5, 5.41) is 14.0. The second kappa shape index (κ2) is 5.78. The molecule has 0 bridgehead atoms. The number of nitrogens with one attached hydrogen (secondary N) is 1. The molecule has 0 unspecified atom stereocenters. The van der Waals surface area contributed by atoms with Gasteiger partial charge in [-0.15, -0.1) is 5.10 Å². The van der Waals surface area contributed by atoms with Gasteiger partial charge in [0.2, 0.25) is 0 Å².